The van der Waals surface area contributed by atoms with Gasteiger partial charge in [0.1, 0.15) is 0 Å². The predicted molar refractivity (Wildman–Crippen MR) is 108 cm³/mol. The first-order chi connectivity index (χ1) is 12.4. The van der Waals surface area contributed by atoms with E-state index >= 15 is 0 Å². The summed E-state index contributed by atoms with van der Waals surface area (Å²) in [6.45, 7) is 5.14. The Labute approximate surface area is 165 Å². The van der Waals surface area contributed by atoms with E-state index in [1.165, 1.54) is 12.8 Å². The van der Waals surface area contributed by atoms with E-state index in [-0.39, 0.29) is 12.3 Å². The van der Waals surface area contributed by atoms with Crippen LogP contribution < -0.4 is 5.32 Å². The zero-order valence-electron chi connectivity index (χ0n) is 15.4. The van der Waals surface area contributed by atoms with Gasteiger partial charge in [-0.3, -0.25) is 4.99 Å². The van der Waals surface area contributed by atoms with Crippen LogP contribution in [0.15, 0.2) is 38.6 Å². The summed E-state index contributed by atoms with van der Waals surface area (Å²) in [6, 6.07) is 6.68. The Morgan fingerprint density at radius 1 is 1.35 bits per heavy atom. The highest BCUT2D eigenvalue weighted by molar-refractivity contribution is 9.10. The molecule has 0 atom stereocenters. The van der Waals surface area contributed by atoms with Crippen molar-refractivity contribution in [2.24, 2.45) is 10.9 Å². The Morgan fingerprint density at radius 2 is 2.04 bits per heavy atom. The van der Waals surface area contributed by atoms with Gasteiger partial charge >= 0.3 is 0 Å². The van der Waals surface area contributed by atoms with Gasteiger partial charge in [0.15, 0.2) is 15.8 Å². The van der Waals surface area contributed by atoms with Gasteiger partial charge in [-0.25, -0.2) is 8.42 Å². The van der Waals surface area contributed by atoms with Crippen LogP contribution in [0.5, 0.6) is 0 Å². The summed E-state index contributed by atoms with van der Waals surface area (Å²) in [5.74, 6) is 1.44. The van der Waals surface area contributed by atoms with E-state index < -0.39 is 9.84 Å². The molecule has 0 aliphatic heterocycles. The molecule has 1 saturated carbocycles. The molecule has 1 aliphatic carbocycles. The summed E-state index contributed by atoms with van der Waals surface area (Å²) >= 11 is 3.31. The van der Waals surface area contributed by atoms with Crippen LogP contribution in [-0.2, 0) is 14.6 Å². The second kappa shape index (κ2) is 10.3. The van der Waals surface area contributed by atoms with Crippen molar-refractivity contribution in [2.45, 2.75) is 24.7 Å². The lowest BCUT2D eigenvalue weighted by Gasteiger charge is -2.22. The third-order valence-corrected chi connectivity index (χ3v) is 6.35. The van der Waals surface area contributed by atoms with Gasteiger partial charge in [-0.15, -0.1) is 0 Å². The number of nitrogens with zero attached hydrogens (tertiary/aromatic N) is 2. The third-order valence-electron chi connectivity index (χ3n) is 4.11. The lowest BCUT2D eigenvalue weighted by molar-refractivity contribution is 0.115. The second-order valence-corrected chi connectivity index (χ2v) is 9.47. The summed E-state index contributed by atoms with van der Waals surface area (Å²) in [6.07, 6.45) is 2.57. The number of likely N-dealkylation sites (N-methyl/N-ethyl adjacent to an activating group) is 1. The molecule has 146 valence electrons. The number of sulfone groups is 1. The zero-order chi connectivity index (χ0) is 19.0. The van der Waals surface area contributed by atoms with E-state index in [1.54, 1.807) is 24.3 Å². The Morgan fingerprint density at radius 3 is 2.65 bits per heavy atom. The van der Waals surface area contributed by atoms with E-state index in [4.69, 9.17) is 4.74 Å². The van der Waals surface area contributed by atoms with E-state index in [0.717, 1.165) is 30.1 Å². The van der Waals surface area contributed by atoms with Crippen LogP contribution in [-0.4, -0.2) is 64.9 Å². The Hall–Kier alpha value is -1.12. The van der Waals surface area contributed by atoms with E-state index in [2.05, 4.69) is 26.2 Å². The minimum absolute atomic E-state index is 0.0183. The van der Waals surface area contributed by atoms with Gasteiger partial charge in [0.2, 0.25) is 0 Å². The Kier molecular flexibility index (Phi) is 8.37. The van der Waals surface area contributed by atoms with Crippen molar-refractivity contribution in [3.8, 4) is 0 Å². The first kappa shape index (κ1) is 21.2. The molecule has 0 saturated heterocycles. The van der Waals surface area contributed by atoms with Crippen LogP contribution in [0.3, 0.4) is 0 Å². The van der Waals surface area contributed by atoms with Gasteiger partial charge in [0.25, 0.3) is 0 Å². The number of hydrogen-bond donors (Lipinski definition) is 1. The van der Waals surface area contributed by atoms with Crippen molar-refractivity contribution in [3.63, 3.8) is 0 Å². The number of guanidine groups is 1. The molecule has 1 aliphatic rings. The minimum atomic E-state index is -3.34. The molecule has 0 amide bonds. The first-order valence-electron chi connectivity index (χ1n) is 8.98. The van der Waals surface area contributed by atoms with Crippen molar-refractivity contribution < 1.29 is 13.2 Å². The van der Waals surface area contributed by atoms with Crippen LogP contribution in [0.1, 0.15) is 19.8 Å². The van der Waals surface area contributed by atoms with Gasteiger partial charge in [-0.1, -0.05) is 15.9 Å². The molecule has 0 unspecified atom stereocenters. The van der Waals surface area contributed by atoms with E-state index in [0.29, 0.717) is 17.5 Å². The molecular formula is C18H28BrN3O3S. The van der Waals surface area contributed by atoms with Crippen molar-refractivity contribution in [2.75, 3.05) is 45.6 Å². The quantitative estimate of drug-likeness (QED) is 0.340. The van der Waals surface area contributed by atoms with Gasteiger partial charge in [0, 0.05) is 31.2 Å². The lowest BCUT2D eigenvalue weighted by Crippen LogP contribution is -2.41. The van der Waals surface area contributed by atoms with Gasteiger partial charge in [0.05, 0.1) is 23.8 Å². The summed E-state index contributed by atoms with van der Waals surface area (Å²) in [5, 5.41) is 3.20. The maximum Gasteiger partial charge on any atom is 0.193 e. The van der Waals surface area contributed by atoms with Crippen LogP contribution in [0.4, 0.5) is 0 Å². The molecule has 0 heterocycles. The lowest BCUT2D eigenvalue weighted by atomic mass is 10.4. The summed E-state index contributed by atoms with van der Waals surface area (Å²) in [7, 11) is -1.40. The van der Waals surface area contributed by atoms with Crippen molar-refractivity contribution in [1.29, 1.82) is 0 Å². The molecule has 26 heavy (non-hydrogen) atoms. The smallest absolute Gasteiger partial charge is 0.193 e. The predicted octanol–water partition coefficient (Wildman–Crippen LogP) is 2.55. The summed E-state index contributed by atoms with van der Waals surface area (Å²) in [4.78, 5) is 6.75. The van der Waals surface area contributed by atoms with Gasteiger partial charge < -0.3 is 15.0 Å². The van der Waals surface area contributed by atoms with Gasteiger partial charge in [-0.05, 0) is 49.9 Å². The Balaban J connectivity index is 1.85. The first-order valence-corrected chi connectivity index (χ1v) is 11.4. The van der Waals surface area contributed by atoms with Crippen LogP contribution in [0.25, 0.3) is 0 Å². The largest absolute Gasteiger partial charge is 0.379 e. The fourth-order valence-electron chi connectivity index (χ4n) is 2.34. The molecule has 0 aromatic heterocycles. The average Bonchev–Trinajstić information content (AvgIpc) is 3.42. The van der Waals surface area contributed by atoms with Crippen LogP contribution in [0.2, 0.25) is 0 Å². The van der Waals surface area contributed by atoms with Gasteiger partial charge in [-0.2, -0.15) is 0 Å². The molecule has 0 spiro atoms. The zero-order valence-corrected chi connectivity index (χ0v) is 17.9. The molecule has 1 fully saturated rings. The standard InChI is InChI=1S/C18H28BrN3O3S/c1-3-20-18(22(2)11-12-25-14-15-4-5-15)21-10-13-26(23,24)17-8-6-16(19)7-9-17/h6-9,15H,3-5,10-14H2,1-2H3,(H,20,21). The fraction of sp³-hybridized carbons (Fsp3) is 0.611. The van der Waals surface area contributed by atoms with Crippen LogP contribution in [0, 0.1) is 5.92 Å². The number of rotatable bonds is 10. The molecule has 0 bridgehead atoms. The molecular weight excluding hydrogens is 418 g/mol. The normalized spacial score (nSPS) is 15.1. The SMILES string of the molecule is CCNC(=NCCS(=O)(=O)c1ccc(Br)cc1)N(C)CCOCC1CC1. The molecule has 1 aromatic rings. The van der Waals surface area contributed by atoms with Crippen molar-refractivity contribution in [1.82, 2.24) is 10.2 Å². The van der Waals surface area contributed by atoms with E-state index in [1.807, 2.05) is 18.9 Å². The van der Waals surface area contributed by atoms with Crippen LogP contribution >= 0.6 is 15.9 Å². The minimum Gasteiger partial charge on any atom is -0.379 e. The molecule has 8 heteroatoms. The molecule has 1 aromatic carbocycles. The van der Waals surface area contributed by atoms with Crippen molar-refractivity contribution in [3.05, 3.63) is 28.7 Å². The molecule has 6 nitrogen and oxygen atoms in total. The maximum absolute atomic E-state index is 12.4. The maximum atomic E-state index is 12.4. The second-order valence-electron chi connectivity index (χ2n) is 6.45. The Bertz CT molecular complexity index is 688. The molecule has 1 N–H and O–H groups in total. The number of nitrogens with one attached hydrogen (secondary N) is 1. The summed E-state index contributed by atoms with van der Waals surface area (Å²) in [5.41, 5.74) is 0. The third kappa shape index (κ3) is 7.25. The molecule has 2 rings (SSSR count). The summed E-state index contributed by atoms with van der Waals surface area (Å²) < 4.78 is 31.3. The number of benzene rings is 1. The topological polar surface area (TPSA) is 71.0 Å². The van der Waals surface area contributed by atoms with Crippen molar-refractivity contribution >= 4 is 31.7 Å². The highest BCUT2D eigenvalue weighted by Crippen LogP contribution is 2.28. The highest BCUT2D eigenvalue weighted by Gasteiger charge is 2.21. The van der Waals surface area contributed by atoms with E-state index in [9.17, 15) is 8.42 Å². The number of hydrogen-bond acceptors (Lipinski definition) is 4. The fourth-order valence-corrected chi connectivity index (χ4v) is 3.73. The highest BCUT2D eigenvalue weighted by atomic mass is 79.9. The number of ether oxygens (including phenoxy) is 1. The molecule has 0 radical (unpaired) electrons. The average molecular weight is 446 g/mol. The number of halogens is 1. The monoisotopic (exact) mass is 445 g/mol. The number of aliphatic imine (C=N–C) groups is 1.